The fourth-order valence-corrected chi connectivity index (χ4v) is 2.08. The second-order valence-corrected chi connectivity index (χ2v) is 6.15. The minimum atomic E-state index is -0.538. The second-order valence-electron chi connectivity index (χ2n) is 6.15. The van der Waals surface area contributed by atoms with Crippen molar-refractivity contribution in [2.24, 2.45) is 5.41 Å². The molecule has 0 bridgehead atoms. The zero-order valence-electron chi connectivity index (χ0n) is 13.8. The molecule has 1 unspecified atom stereocenters. The van der Waals surface area contributed by atoms with Gasteiger partial charge in [0.2, 0.25) is 0 Å². The van der Waals surface area contributed by atoms with Gasteiger partial charge in [0.25, 0.3) is 0 Å². The Balaban J connectivity index is 2.31. The lowest BCUT2D eigenvalue weighted by atomic mass is 9.95. The van der Waals surface area contributed by atoms with Crippen molar-refractivity contribution in [1.29, 1.82) is 0 Å². The van der Waals surface area contributed by atoms with E-state index >= 15 is 0 Å². The molecule has 7 heteroatoms. The third kappa shape index (κ3) is 6.72. The van der Waals surface area contributed by atoms with E-state index in [2.05, 4.69) is 23.9 Å². The molecular formula is C15H27NO6. The van der Waals surface area contributed by atoms with Crippen molar-refractivity contribution in [1.82, 2.24) is 5.32 Å². The average molecular weight is 317 g/mol. The lowest BCUT2D eigenvalue weighted by Gasteiger charge is -2.34. The fourth-order valence-electron chi connectivity index (χ4n) is 2.08. The van der Waals surface area contributed by atoms with Crippen LogP contribution in [-0.4, -0.2) is 58.2 Å². The Morgan fingerprint density at radius 1 is 1.23 bits per heavy atom. The van der Waals surface area contributed by atoms with E-state index in [0.29, 0.717) is 32.6 Å². The van der Waals surface area contributed by atoms with Gasteiger partial charge in [-0.2, -0.15) is 0 Å². The Kier molecular flexibility index (Phi) is 7.78. The topological polar surface area (TPSA) is 83.1 Å². The number of carbonyl (C=O) groups is 2. The fraction of sp³-hybridized carbons (Fsp3) is 0.867. The maximum absolute atomic E-state index is 11.7. The monoisotopic (exact) mass is 317 g/mol. The predicted octanol–water partition coefficient (Wildman–Crippen LogP) is 0.860. The summed E-state index contributed by atoms with van der Waals surface area (Å²) in [6, 6.07) is -0.538. The van der Waals surface area contributed by atoms with Gasteiger partial charge in [0.1, 0.15) is 6.04 Å². The van der Waals surface area contributed by atoms with Gasteiger partial charge in [0.15, 0.2) is 6.29 Å². The first-order valence-corrected chi connectivity index (χ1v) is 7.49. The molecule has 1 aliphatic rings. The SMILES string of the molecule is COC(=O)CCC(NCCC1OCC(C)(C)CO1)C(=O)OC. The molecular weight excluding hydrogens is 290 g/mol. The first-order chi connectivity index (χ1) is 10.4. The summed E-state index contributed by atoms with van der Waals surface area (Å²) >= 11 is 0. The Bertz CT molecular complexity index is 361. The van der Waals surface area contributed by atoms with Gasteiger partial charge in [0, 0.05) is 24.8 Å². The number of nitrogens with one attached hydrogen (secondary N) is 1. The summed E-state index contributed by atoms with van der Waals surface area (Å²) in [6.07, 6.45) is 0.855. The van der Waals surface area contributed by atoms with Crippen LogP contribution in [0.5, 0.6) is 0 Å². The van der Waals surface area contributed by atoms with Crippen molar-refractivity contribution >= 4 is 11.9 Å². The Morgan fingerprint density at radius 3 is 2.41 bits per heavy atom. The standard InChI is InChI=1S/C15H27NO6/c1-15(2)9-21-13(22-10-15)7-8-16-11(14(18)20-4)5-6-12(17)19-3/h11,13,16H,5-10H2,1-4H3. The maximum Gasteiger partial charge on any atom is 0.322 e. The zero-order valence-corrected chi connectivity index (χ0v) is 13.8. The summed E-state index contributed by atoms with van der Waals surface area (Å²) in [6.45, 7) is 6.01. The van der Waals surface area contributed by atoms with Crippen LogP contribution in [-0.2, 0) is 28.5 Å². The summed E-state index contributed by atoms with van der Waals surface area (Å²) in [7, 11) is 2.65. The van der Waals surface area contributed by atoms with Crippen LogP contribution in [0.3, 0.4) is 0 Å². The van der Waals surface area contributed by atoms with E-state index in [9.17, 15) is 9.59 Å². The zero-order chi connectivity index (χ0) is 16.6. The van der Waals surface area contributed by atoms with Crippen molar-refractivity contribution in [3.05, 3.63) is 0 Å². The Morgan fingerprint density at radius 2 is 1.86 bits per heavy atom. The van der Waals surface area contributed by atoms with Crippen LogP contribution < -0.4 is 5.32 Å². The van der Waals surface area contributed by atoms with Gasteiger partial charge >= 0.3 is 11.9 Å². The molecule has 1 saturated heterocycles. The predicted molar refractivity (Wildman–Crippen MR) is 79.1 cm³/mol. The molecule has 1 heterocycles. The van der Waals surface area contributed by atoms with E-state index < -0.39 is 12.0 Å². The molecule has 0 aromatic rings. The lowest BCUT2D eigenvalue weighted by molar-refractivity contribution is -0.223. The lowest BCUT2D eigenvalue weighted by Crippen LogP contribution is -2.42. The summed E-state index contributed by atoms with van der Waals surface area (Å²) in [5.41, 5.74) is 0.0407. The molecule has 1 aliphatic heterocycles. The van der Waals surface area contributed by atoms with Crippen LogP contribution >= 0.6 is 0 Å². The Hall–Kier alpha value is -1.18. The number of hydrogen-bond acceptors (Lipinski definition) is 7. The first-order valence-electron chi connectivity index (χ1n) is 7.49. The van der Waals surface area contributed by atoms with Crippen LogP contribution in [0.2, 0.25) is 0 Å². The van der Waals surface area contributed by atoms with Crippen molar-refractivity contribution in [3.8, 4) is 0 Å². The molecule has 1 rings (SSSR count). The maximum atomic E-state index is 11.7. The van der Waals surface area contributed by atoms with E-state index in [1.54, 1.807) is 0 Å². The van der Waals surface area contributed by atoms with Gasteiger partial charge < -0.3 is 24.3 Å². The summed E-state index contributed by atoms with van der Waals surface area (Å²) < 4.78 is 20.6. The molecule has 1 atom stereocenters. The highest BCUT2D eigenvalue weighted by Crippen LogP contribution is 2.23. The molecule has 0 amide bonds. The molecule has 0 spiro atoms. The van der Waals surface area contributed by atoms with E-state index in [-0.39, 0.29) is 24.1 Å². The van der Waals surface area contributed by atoms with Gasteiger partial charge in [-0.1, -0.05) is 13.8 Å². The van der Waals surface area contributed by atoms with E-state index in [1.165, 1.54) is 14.2 Å². The highest BCUT2D eigenvalue weighted by Gasteiger charge is 2.28. The quantitative estimate of drug-likeness (QED) is 0.665. The normalized spacial score (nSPS) is 19.5. The van der Waals surface area contributed by atoms with Crippen molar-refractivity contribution in [3.63, 3.8) is 0 Å². The van der Waals surface area contributed by atoms with Crippen LogP contribution in [0.4, 0.5) is 0 Å². The van der Waals surface area contributed by atoms with E-state index in [0.717, 1.165) is 0 Å². The molecule has 0 aromatic carbocycles. The minimum absolute atomic E-state index is 0.0407. The number of ether oxygens (including phenoxy) is 4. The number of hydrogen-bond donors (Lipinski definition) is 1. The number of rotatable bonds is 8. The smallest absolute Gasteiger partial charge is 0.322 e. The van der Waals surface area contributed by atoms with Crippen LogP contribution in [0.15, 0.2) is 0 Å². The van der Waals surface area contributed by atoms with Crippen molar-refractivity contribution in [2.45, 2.75) is 45.4 Å². The average Bonchev–Trinajstić information content (AvgIpc) is 2.50. The minimum Gasteiger partial charge on any atom is -0.469 e. The summed E-state index contributed by atoms with van der Waals surface area (Å²) in [4.78, 5) is 22.8. The van der Waals surface area contributed by atoms with E-state index in [4.69, 9.17) is 14.2 Å². The van der Waals surface area contributed by atoms with Crippen molar-refractivity contribution < 1.29 is 28.5 Å². The molecule has 0 aliphatic carbocycles. The summed E-state index contributed by atoms with van der Waals surface area (Å²) in [5.74, 6) is -0.743. The largest absolute Gasteiger partial charge is 0.469 e. The van der Waals surface area contributed by atoms with Crippen LogP contribution in [0.25, 0.3) is 0 Å². The number of esters is 2. The van der Waals surface area contributed by atoms with Gasteiger partial charge in [-0.05, 0) is 6.42 Å². The molecule has 0 saturated carbocycles. The third-order valence-electron chi connectivity index (χ3n) is 3.44. The van der Waals surface area contributed by atoms with Crippen molar-refractivity contribution in [2.75, 3.05) is 34.0 Å². The molecule has 1 fully saturated rings. The number of carbonyl (C=O) groups excluding carboxylic acids is 2. The van der Waals surface area contributed by atoms with Crippen LogP contribution in [0.1, 0.15) is 33.1 Å². The number of methoxy groups -OCH3 is 2. The molecule has 0 aromatic heterocycles. The molecule has 7 nitrogen and oxygen atoms in total. The summed E-state index contributed by atoms with van der Waals surface area (Å²) in [5, 5.41) is 3.08. The highest BCUT2D eigenvalue weighted by atomic mass is 16.7. The molecule has 22 heavy (non-hydrogen) atoms. The molecule has 1 N–H and O–H groups in total. The first kappa shape index (κ1) is 18.9. The van der Waals surface area contributed by atoms with Gasteiger partial charge in [-0.25, -0.2) is 0 Å². The molecule has 0 radical (unpaired) electrons. The van der Waals surface area contributed by atoms with Gasteiger partial charge in [0.05, 0.1) is 27.4 Å². The second kappa shape index (κ2) is 9.07. The van der Waals surface area contributed by atoms with Gasteiger partial charge in [-0.3, -0.25) is 9.59 Å². The van der Waals surface area contributed by atoms with Gasteiger partial charge in [-0.15, -0.1) is 0 Å². The highest BCUT2D eigenvalue weighted by molar-refractivity contribution is 5.77. The third-order valence-corrected chi connectivity index (χ3v) is 3.44. The Labute approximate surface area is 131 Å². The van der Waals surface area contributed by atoms with Crippen LogP contribution in [0, 0.1) is 5.41 Å². The van der Waals surface area contributed by atoms with E-state index in [1.807, 2.05) is 0 Å². The molecule has 128 valence electrons.